The molecule has 1 heterocycles. The lowest BCUT2D eigenvalue weighted by Crippen LogP contribution is -2.21. The molecule has 0 atom stereocenters. The van der Waals surface area contributed by atoms with Crippen molar-refractivity contribution in [2.45, 2.75) is 33.1 Å². The number of aryl methyl sites for hydroxylation is 1. The number of hydrogen-bond donors (Lipinski definition) is 2. The molecule has 0 aliphatic carbocycles. The lowest BCUT2D eigenvalue weighted by atomic mass is 9.92. The van der Waals surface area contributed by atoms with Gasteiger partial charge in [-0.05, 0) is 36.8 Å². The summed E-state index contributed by atoms with van der Waals surface area (Å²) in [6, 6.07) is 16.8. The van der Waals surface area contributed by atoms with E-state index in [-0.39, 0.29) is 11.4 Å². The van der Waals surface area contributed by atoms with Crippen LogP contribution in [-0.2, 0) is 5.41 Å². The average molecular weight is 378 g/mol. The topological polar surface area (TPSA) is 68.2 Å². The van der Waals surface area contributed by atoms with Crippen molar-refractivity contribution in [3.05, 3.63) is 65.9 Å². The van der Waals surface area contributed by atoms with E-state index in [9.17, 15) is 4.79 Å². The van der Waals surface area contributed by atoms with E-state index in [1.165, 1.54) is 0 Å². The maximum Gasteiger partial charge on any atom is 0.324 e. The molecular formula is C22H26N4O2. The zero-order chi connectivity index (χ0) is 20.3. The van der Waals surface area contributed by atoms with Crippen LogP contribution in [0.15, 0.2) is 54.6 Å². The molecule has 2 amide bonds. The van der Waals surface area contributed by atoms with Crippen LogP contribution in [0.1, 0.15) is 32.0 Å². The monoisotopic (exact) mass is 378 g/mol. The van der Waals surface area contributed by atoms with Crippen molar-refractivity contribution >= 4 is 17.5 Å². The molecule has 6 nitrogen and oxygen atoms in total. The largest absolute Gasteiger partial charge is 0.497 e. The molecule has 0 fully saturated rings. The van der Waals surface area contributed by atoms with Crippen LogP contribution in [-0.4, -0.2) is 22.9 Å². The van der Waals surface area contributed by atoms with Crippen LogP contribution in [0.5, 0.6) is 5.75 Å². The third-order valence-electron chi connectivity index (χ3n) is 4.29. The minimum absolute atomic E-state index is 0.159. The zero-order valence-corrected chi connectivity index (χ0v) is 16.9. The Morgan fingerprint density at radius 3 is 2.46 bits per heavy atom. The second-order valence-corrected chi connectivity index (χ2v) is 7.73. The Bertz CT molecular complexity index is 986. The summed E-state index contributed by atoms with van der Waals surface area (Å²) in [5.74, 6) is 1.31. The van der Waals surface area contributed by atoms with Gasteiger partial charge in [0.25, 0.3) is 0 Å². The molecule has 2 N–H and O–H groups in total. The summed E-state index contributed by atoms with van der Waals surface area (Å²) in [5.41, 5.74) is 3.34. The minimum atomic E-state index is -0.324. The summed E-state index contributed by atoms with van der Waals surface area (Å²) < 4.78 is 7.04. The Labute approximate surface area is 165 Å². The summed E-state index contributed by atoms with van der Waals surface area (Å²) in [5, 5.41) is 10.5. The van der Waals surface area contributed by atoms with Crippen molar-refractivity contribution in [3.8, 4) is 11.4 Å². The van der Waals surface area contributed by atoms with Crippen molar-refractivity contribution in [1.29, 1.82) is 0 Å². The molecule has 2 aromatic carbocycles. The fourth-order valence-corrected chi connectivity index (χ4v) is 2.78. The lowest BCUT2D eigenvalue weighted by molar-refractivity contribution is 0.262. The van der Waals surface area contributed by atoms with E-state index >= 15 is 0 Å². The first-order valence-electron chi connectivity index (χ1n) is 9.16. The number of nitrogens with zero attached hydrogens (tertiary/aromatic N) is 2. The van der Waals surface area contributed by atoms with E-state index in [0.29, 0.717) is 5.82 Å². The van der Waals surface area contributed by atoms with Gasteiger partial charge in [0.15, 0.2) is 0 Å². The van der Waals surface area contributed by atoms with E-state index in [4.69, 9.17) is 9.84 Å². The van der Waals surface area contributed by atoms with Gasteiger partial charge in [-0.1, -0.05) is 39.0 Å². The first kappa shape index (κ1) is 19.5. The summed E-state index contributed by atoms with van der Waals surface area (Å²) in [6.45, 7) is 8.24. The van der Waals surface area contributed by atoms with Gasteiger partial charge in [-0.25, -0.2) is 9.48 Å². The second kappa shape index (κ2) is 7.76. The Morgan fingerprint density at radius 1 is 1.04 bits per heavy atom. The molecule has 0 radical (unpaired) electrons. The van der Waals surface area contributed by atoms with Gasteiger partial charge >= 0.3 is 6.03 Å². The number of rotatable bonds is 4. The van der Waals surface area contributed by atoms with Gasteiger partial charge in [0.05, 0.1) is 18.5 Å². The first-order valence-corrected chi connectivity index (χ1v) is 9.16. The molecule has 0 aliphatic rings. The SMILES string of the molecule is COc1cccc(-n2nc(C(C)(C)C)cc2NC(=O)Nc2cccc(C)c2)c1. The van der Waals surface area contributed by atoms with Crippen molar-refractivity contribution in [3.63, 3.8) is 0 Å². The van der Waals surface area contributed by atoms with Gasteiger partial charge in [0, 0.05) is 23.2 Å². The molecular weight excluding hydrogens is 352 g/mol. The Kier molecular flexibility index (Phi) is 5.40. The van der Waals surface area contributed by atoms with Crippen molar-refractivity contribution in [2.75, 3.05) is 17.7 Å². The van der Waals surface area contributed by atoms with E-state index < -0.39 is 0 Å². The number of hydrogen-bond acceptors (Lipinski definition) is 3. The molecule has 0 spiro atoms. The van der Waals surface area contributed by atoms with E-state index in [1.807, 2.05) is 61.5 Å². The highest BCUT2D eigenvalue weighted by Gasteiger charge is 2.21. The third kappa shape index (κ3) is 4.52. The summed E-state index contributed by atoms with van der Waals surface area (Å²) in [7, 11) is 1.62. The summed E-state index contributed by atoms with van der Waals surface area (Å²) in [6.07, 6.45) is 0. The molecule has 0 saturated carbocycles. The molecule has 0 bridgehead atoms. The zero-order valence-electron chi connectivity index (χ0n) is 16.9. The van der Waals surface area contributed by atoms with Gasteiger partial charge in [-0.3, -0.25) is 5.32 Å². The molecule has 28 heavy (non-hydrogen) atoms. The van der Waals surface area contributed by atoms with Crippen molar-refractivity contribution < 1.29 is 9.53 Å². The fraction of sp³-hybridized carbons (Fsp3) is 0.273. The smallest absolute Gasteiger partial charge is 0.324 e. The Hall–Kier alpha value is -3.28. The highest BCUT2D eigenvalue weighted by molar-refractivity contribution is 5.99. The number of carbonyl (C=O) groups is 1. The standard InChI is InChI=1S/C22H26N4O2/c1-15-8-6-9-16(12-15)23-21(27)24-20-14-19(22(2,3)4)25-26(20)17-10-7-11-18(13-17)28-5/h6-14H,1-5H3,(H2,23,24,27). The summed E-state index contributed by atoms with van der Waals surface area (Å²) >= 11 is 0. The molecule has 0 saturated heterocycles. The second-order valence-electron chi connectivity index (χ2n) is 7.73. The molecule has 3 aromatic rings. The predicted octanol–water partition coefficient (Wildman–Crippen LogP) is 5.13. The van der Waals surface area contributed by atoms with E-state index in [2.05, 4.69) is 31.4 Å². The number of benzene rings is 2. The molecule has 0 aliphatic heterocycles. The molecule has 6 heteroatoms. The first-order chi connectivity index (χ1) is 13.3. The normalized spacial score (nSPS) is 11.2. The Balaban J connectivity index is 1.92. The maximum atomic E-state index is 12.6. The number of amides is 2. The van der Waals surface area contributed by atoms with Gasteiger partial charge < -0.3 is 10.1 Å². The van der Waals surface area contributed by atoms with Crippen LogP contribution in [0.4, 0.5) is 16.3 Å². The lowest BCUT2D eigenvalue weighted by Gasteiger charge is -2.14. The molecule has 3 rings (SSSR count). The number of anilines is 2. The highest BCUT2D eigenvalue weighted by Crippen LogP contribution is 2.27. The van der Waals surface area contributed by atoms with Gasteiger partial charge in [-0.2, -0.15) is 5.10 Å². The quantitative estimate of drug-likeness (QED) is 0.661. The van der Waals surface area contributed by atoms with Crippen LogP contribution in [0.25, 0.3) is 5.69 Å². The number of carbonyl (C=O) groups excluding carboxylic acids is 1. The number of aromatic nitrogens is 2. The van der Waals surface area contributed by atoms with E-state index in [0.717, 1.165) is 28.4 Å². The van der Waals surface area contributed by atoms with Gasteiger partial charge in [0.2, 0.25) is 0 Å². The van der Waals surface area contributed by atoms with E-state index in [1.54, 1.807) is 11.8 Å². The maximum absolute atomic E-state index is 12.6. The molecule has 1 aromatic heterocycles. The number of nitrogens with one attached hydrogen (secondary N) is 2. The average Bonchev–Trinajstić information content (AvgIpc) is 3.06. The van der Waals surface area contributed by atoms with Crippen LogP contribution in [0, 0.1) is 6.92 Å². The highest BCUT2D eigenvalue weighted by atomic mass is 16.5. The third-order valence-corrected chi connectivity index (χ3v) is 4.29. The van der Waals surface area contributed by atoms with Crippen LogP contribution >= 0.6 is 0 Å². The van der Waals surface area contributed by atoms with Crippen LogP contribution in [0.3, 0.4) is 0 Å². The number of ether oxygens (including phenoxy) is 1. The Morgan fingerprint density at radius 2 is 1.79 bits per heavy atom. The predicted molar refractivity (Wildman–Crippen MR) is 113 cm³/mol. The van der Waals surface area contributed by atoms with Crippen LogP contribution < -0.4 is 15.4 Å². The molecule has 0 unspecified atom stereocenters. The van der Waals surface area contributed by atoms with Gasteiger partial charge in [0.1, 0.15) is 11.6 Å². The minimum Gasteiger partial charge on any atom is -0.497 e. The summed E-state index contributed by atoms with van der Waals surface area (Å²) in [4.78, 5) is 12.6. The molecule has 146 valence electrons. The van der Waals surface area contributed by atoms with Gasteiger partial charge in [-0.15, -0.1) is 0 Å². The number of methoxy groups -OCH3 is 1. The van der Waals surface area contributed by atoms with Crippen molar-refractivity contribution in [1.82, 2.24) is 9.78 Å². The van der Waals surface area contributed by atoms with Crippen LogP contribution in [0.2, 0.25) is 0 Å². The van der Waals surface area contributed by atoms with Crippen molar-refractivity contribution in [2.24, 2.45) is 0 Å². The fourth-order valence-electron chi connectivity index (χ4n) is 2.78. The number of urea groups is 1.